The van der Waals surface area contributed by atoms with E-state index in [0.29, 0.717) is 43.3 Å². The fraction of sp³-hybridized carbons (Fsp3) is 0.424. The molecular formula is C33H39N7O7. The summed E-state index contributed by atoms with van der Waals surface area (Å²) in [5, 5.41) is 37.1. The molecule has 4 aromatic rings. The van der Waals surface area contributed by atoms with Crippen molar-refractivity contribution < 1.29 is 34.4 Å². The van der Waals surface area contributed by atoms with Crippen molar-refractivity contribution in [3.8, 4) is 0 Å². The number of aliphatic hydroxyl groups is 2. The van der Waals surface area contributed by atoms with Gasteiger partial charge in [-0.15, -0.1) is 0 Å². The zero-order valence-corrected chi connectivity index (χ0v) is 26.4. The van der Waals surface area contributed by atoms with Crippen LogP contribution in [0.15, 0.2) is 67.0 Å². The van der Waals surface area contributed by atoms with Gasteiger partial charge >= 0.3 is 12.1 Å². The molecule has 6 rings (SSSR count). The Labute approximate surface area is 271 Å². The van der Waals surface area contributed by atoms with Gasteiger partial charge in [0.2, 0.25) is 5.95 Å². The number of hydrogen-bond acceptors (Lipinski definition) is 11. The van der Waals surface area contributed by atoms with Crippen LogP contribution in [-0.4, -0.2) is 96.5 Å². The molecule has 47 heavy (non-hydrogen) atoms. The van der Waals surface area contributed by atoms with Crippen molar-refractivity contribution in [3.05, 3.63) is 78.1 Å². The summed E-state index contributed by atoms with van der Waals surface area (Å²) in [6, 6.07) is 20.0. The third kappa shape index (κ3) is 6.99. The van der Waals surface area contributed by atoms with E-state index in [2.05, 4.69) is 39.9 Å². The van der Waals surface area contributed by atoms with E-state index in [1.165, 1.54) is 10.9 Å². The molecule has 2 aliphatic heterocycles. The quantitative estimate of drug-likeness (QED) is 0.180. The number of ether oxygens (including phenoxy) is 2. The predicted molar refractivity (Wildman–Crippen MR) is 172 cm³/mol. The molecule has 0 saturated carbocycles. The molecule has 0 aliphatic carbocycles. The summed E-state index contributed by atoms with van der Waals surface area (Å²) in [6.45, 7) is 6.82. The van der Waals surface area contributed by atoms with Crippen LogP contribution >= 0.6 is 0 Å². The topological polar surface area (TPSA) is 184 Å². The Morgan fingerprint density at radius 1 is 1.02 bits per heavy atom. The van der Waals surface area contributed by atoms with Gasteiger partial charge in [0, 0.05) is 25.6 Å². The molecule has 14 nitrogen and oxygen atoms in total. The maximum atomic E-state index is 12.5. The molecule has 0 radical (unpaired) electrons. The smallest absolute Gasteiger partial charge is 0.407 e. The van der Waals surface area contributed by atoms with Gasteiger partial charge in [0.15, 0.2) is 29.3 Å². The average Bonchev–Trinajstić information content (AvgIpc) is 3.75. The molecule has 0 unspecified atom stereocenters. The number of rotatable bonds is 9. The van der Waals surface area contributed by atoms with Gasteiger partial charge in [-0.1, -0.05) is 60.7 Å². The molecular weight excluding hydrogens is 606 g/mol. The predicted octanol–water partition coefficient (Wildman–Crippen LogP) is 2.88. The number of alkyl carbamates (subject to hydrolysis) is 1. The number of hydrogen-bond donors (Lipinski definition) is 5. The summed E-state index contributed by atoms with van der Waals surface area (Å²) in [4.78, 5) is 40.2. The van der Waals surface area contributed by atoms with Gasteiger partial charge in [-0.2, -0.15) is 9.97 Å². The van der Waals surface area contributed by atoms with Gasteiger partial charge in [-0.25, -0.2) is 14.6 Å². The molecule has 4 heterocycles. The van der Waals surface area contributed by atoms with Gasteiger partial charge < -0.3 is 40.3 Å². The number of nitrogens with zero attached hydrogens (tertiary/aromatic N) is 5. The number of carboxylic acid groups (broad SMARTS) is 1. The fourth-order valence-corrected chi connectivity index (χ4v) is 5.98. The molecule has 14 heteroatoms. The van der Waals surface area contributed by atoms with Crippen LogP contribution in [0.5, 0.6) is 0 Å². The number of carbonyl (C=O) groups excluding carboxylic acids is 1. The number of aliphatic carboxylic acids is 1. The number of nitrogens with one attached hydrogen (secondary N) is 2. The van der Waals surface area contributed by atoms with Crippen LogP contribution in [0.1, 0.15) is 50.5 Å². The minimum Gasteiger partial charge on any atom is -0.479 e. The number of anilines is 2. The van der Waals surface area contributed by atoms with Crippen LogP contribution in [0, 0.1) is 0 Å². The first-order chi connectivity index (χ1) is 22.5. The zero-order chi connectivity index (χ0) is 33.3. The monoisotopic (exact) mass is 645 g/mol. The third-order valence-corrected chi connectivity index (χ3v) is 8.23. The van der Waals surface area contributed by atoms with Crippen LogP contribution in [0.4, 0.5) is 16.6 Å². The van der Waals surface area contributed by atoms with Gasteiger partial charge in [0.25, 0.3) is 0 Å². The van der Waals surface area contributed by atoms with Crippen molar-refractivity contribution in [2.24, 2.45) is 0 Å². The maximum Gasteiger partial charge on any atom is 0.407 e. The molecule has 5 atom stereocenters. The molecule has 2 aromatic heterocycles. The average molecular weight is 646 g/mol. The van der Waals surface area contributed by atoms with E-state index in [0.717, 1.165) is 11.1 Å². The molecule has 2 aromatic carbocycles. The zero-order valence-electron chi connectivity index (χ0n) is 26.4. The van der Waals surface area contributed by atoms with Crippen molar-refractivity contribution in [3.63, 3.8) is 0 Å². The Morgan fingerprint density at radius 3 is 2.28 bits per heavy atom. The highest BCUT2D eigenvalue weighted by Crippen LogP contribution is 2.34. The van der Waals surface area contributed by atoms with Gasteiger partial charge in [0.05, 0.1) is 12.4 Å². The van der Waals surface area contributed by atoms with E-state index in [9.17, 15) is 24.9 Å². The minimum atomic E-state index is -1.65. The second kappa shape index (κ2) is 13.1. The highest BCUT2D eigenvalue weighted by Gasteiger charge is 2.48. The number of carbonyl (C=O) groups is 2. The first kappa shape index (κ1) is 32.2. The largest absolute Gasteiger partial charge is 0.479 e. The van der Waals surface area contributed by atoms with E-state index in [4.69, 9.17) is 19.4 Å². The lowest BCUT2D eigenvalue weighted by Crippen LogP contribution is -2.40. The van der Waals surface area contributed by atoms with Gasteiger partial charge in [-0.3, -0.25) is 4.57 Å². The van der Waals surface area contributed by atoms with Crippen molar-refractivity contribution in [2.75, 3.05) is 29.9 Å². The lowest BCUT2D eigenvalue weighted by Gasteiger charge is -2.23. The number of imidazole rings is 1. The van der Waals surface area contributed by atoms with Crippen LogP contribution in [0.25, 0.3) is 11.2 Å². The van der Waals surface area contributed by atoms with E-state index in [1.54, 1.807) is 20.8 Å². The number of amides is 1. The molecule has 2 fully saturated rings. The molecule has 2 saturated heterocycles. The van der Waals surface area contributed by atoms with Crippen molar-refractivity contribution in [2.45, 2.75) is 69.3 Å². The van der Waals surface area contributed by atoms with Crippen molar-refractivity contribution in [1.82, 2.24) is 24.8 Å². The van der Waals surface area contributed by atoms with Crippen LogP contribution in [-0.2, 0) is 14.3 Å². The highest BCUT2D eigenvalue weighted by molar-refractivity contribution is 5.84. The van der Waals surface area contributed by atoms with Gasteiger partial charge in [-0.05, 0) is 38.3 Å². The van der Waals surface area contributed by atoms with E-state index in [-0.39, 0.29) is 17.6 Å². The number of aliphatic hydroxyl groups excluding tert-OH is 2. The first-order valence-corrected chi connectivity index (χ1v) is 15.6. The van der Waals surface area contributed by atoms with E-state index < -0.39 is 42.2 Å². The lowest BCUT2D eigenvalue weighted by molar-refractivity contribution is -0.155. The molecule has 0 bridgehead atoms. The van der Waals surface area contributed by atoms with Crippen LogP contribution < -0.4 is 15.5 Å². The highest BCUT2D eigenvalue weighted by atomic mass is 16.6. The van der Waals surface area contributed by atoms with E-state index in [1.807, 2.05) is 41.3 Å². The Bertz CT molecular complexity index is 1670. The third-order valence-electron chi connectivity index (χ3n) is 8.23. The lowest BCUT2D eigenvalue weighted by atomic mass is 9.91. The normalized spacial score (nSPS) is 22.9. The second-order valence-corrected chi connectivity index (χ2v) is 12.8. The Kier molecular flexibility index (Phi) is 8.99. The molecule has 0 spiro atoms. The number of aromatic nitrogens is 4. The van der Waals surface area contributed by atoms with Crippen molar-refractivity contribution >= 4 is 35.0 Å². The molecule has 2 aliphatic rings. The second-order valence-electron chi connectivity index (χ2n) is 12.8. The summed E-state index contributed by atoms with van der Waals surface area (Å²) in [6.07, 6.45) is -4.56. The van der Waals surface area contributed by atoms with Crippen molar-refractivity contribution in [1.29, 1.82) is 0 Å². The molecule has 248 valence electrons. The Morgan fingerprint density at radius 2 is 1.68 bits per heavy atom. The summed E-state index contributed by atoms with van der Waals surface area (Å²) >= 11 is 0. The van der Waals surface area contributed by atoms with Crippen LogP contribution in [0.2, 0.25) is 0 Å². The number of carboxylic acids is 1. The minimum absolute atomic E-state index is 0.0337. The Balaban J connectivity index is 1.34. The molecule has 5 N–H and O–H groups in total. The molecule has 1 amide bonds. The van der Waals surface area contributed by atoms with E-state index >= 15 is 0 Å². The summed E-state index contributed by atoms with van der Waals surface area (Å²) < 4.78 is 12.4. The summed E-state index contributed by atoms with van der Waals surface area (Å²) in [5.74, 6) is -0.663. The van der Waals surface area contributed by atoms with Crippen LogP contribution in [0.3, 0.4) is 0 Å². The number of fused-ring (bicyclic) bond motifs is 1. The Hall–Kier alpha value is -4.79. The fourth-order valence-electron chi connectivity index (χ4n) is 5.98. The SMILES string of the molecule is CC(C)(C)OC(=O)N[C@@H]1CCN(c2nc(NCC(c3ccccc3)c3ccccc3)c3ncn([C@@H]4O[C@H](C(=O)O)[C@@H](O)[C@H]4O)c3n2)C1. The number of benzene rings is 2. The summed E-state index contributed by atoms with van der Waals surface area (Å²) in [7, 11) is 0. The summed E-state index contributed by atoms with van der Waals surface area (Å²) in [5.41, 5.74) is 2.23. The standard InChI is InChI=1S/C33H39N7O7/c1-33(2,3)47-32(45)36-21-14-15-39(17-21)31-37-27(34-16-22(19-10-6-4-7-11-19)20-12-8-5-9-13-20)23-28(38-31)40(18-35-23)29-25(42)24(41)26(46-29)30(43)44/h4-13,18,21-22,24-26,29,41-42H,14-17H2,1-3H3,(H,36,45)(H,43,44)(H,34,37,38)/t21-,24+,25-,26+,29-/m1/s1. The maximum absolute atomic E-state index is 12.5. The van der Waals surface area contributed by atoms with Gasteiger partial charge in [0.1, 0.15) is 17.8 Å². The first-order valence-electron chi connectivity index (χ1n) is 15.6.